The molecule has 180 valence electrons. The van der Waals surface area contributed by atoms with Crippen molar-refractivity contribution in [3.05, 3.63) is 65.2 Å². The molecule has 2 saturated heterocycles. The van der Waals surface area contributed by atoms with E-state index in [0.717, 1.165) is 25.2 Å². The monoisotopic (exact) mass is 466 g/mol. The van der Waals surface area contributed by atoms with E-state index in [1.807, 2.05) is 12.1 Å². The number of benzene rings is 2. The molecule has 1 atom stereocenters. The lowest BCUT2D eigenvalue weighted by molar-refractivity contribution is -0.140. The van der Waals surface area contributed by atoms with E-state index in [-0.39, 0.29) is 11.3 Å². The number of aliphatic hydroxyl groups excluding tert-OH is 1. The number of nitrogens with zero attached hydrogens (tertiary/aromatic N) is 2. The Labute approximate surface area is 199 Å². The van der Waals surface area contributed by atoms with Crippen molar-refractivity contribution in [2.75, 3.05) is 53.6 Å². The average Bonchev–Trinajstić information content (AvgIpc) is 3.14. The SMILES string of the molecule is COc1ccc([C@H]2C(=C(O)c3cccc(OC)c3)C(=O)C(=O)N2CCCN2CCOCC2)cc1. The predicted molar refractivity (Wildman–Crippen MR) is 127 cm³/mol. The van der Waals surface area contributed by atoms with Gasteiger partial charge in [-0.15, -0.1) is 0 Å². The van der Waals surface area contributed by atoms with Gasteiger partial charge < -0.3 is 24.2 Å². The number of ketones is 1. The van der Waals surface area contributed by atoms with Gasteiger partial charge in [0.05, 0.1) is 39.0 Å². The first-order valence-electron chi connectivity index (χ1n) is 11.4. The second-order valence-electron chi connectivity index (χ2n) is 8.31. The van der Waals surface area contributed by atoms with Gasteiger partial charge in [-0.3, -0.25) is 14.5 Å². The fourth-order valence-corrected chi connectivity index (χ4v) is 4.46. The summed E-state index contributed by atoms with van der Waals surface area (Å²) in [5, 5.41) is 11.2. The van der Waals surface area contributed by atoms with E-state index in [9.17, 15) is 14.7 Å². The third-order valence-corrected chi connectivity index (χ3v) is 6.29. The third kappa shape index (κ3) is 4.93. The molecular weight excluding hydrogens is 436 g/mol. The summed E-state index contributed by atoms with van der Waals surface area (Å²) in [6.45, 7) is 4.33. The van der Waals surface area contributed by atoms with Gasteiger partial charge in [0.2, 0.25) is 0 Å². The van der Waals surface area contributed by atoms with Gasteiger partial charge in [0.1, 0.15) is 17.3 Å². The third-order valence-electron chi connectivity index (χ3n) is 6.29. The lowest BCUT2D eigenvalue weighted by Crippen LogP contribution is -2.38. The molecule has 8 heteroatoms. The van der Waals surface area contributed by atoms with E-state index in [1.54, 1.807) is 48.4 Å². The van der Waals surface area contributed by atoms with Crippen LogP contribution in [-0.4, -0.2) is 80.2 Å². The molecule has 2 aliphatic heterocycles. The average molecular weight is 467 g/mol. The number of morpholine rings is 1. The minimum Gasteiger partial charge on any atom is -0.507 e. The Morgan fingerprint density at radius 2 is 1.71 bits per heavy atom. The molecule has 2 heterocycles. The number of amides is 1. The number of carbonyl (C=O) groups is 2. The number of likely N-dealkylation sites (tertiary alicyclic amines) is 1. The Morgan fingerprint density at radius 3 is 2.38 bits per heavy atom. The smallest absolute Gasteiger partial charge is 0.295 e. The molecule has 2 aromatic rings. The van der Waals surface area contributed by atoms with E-state index in [1.165, 1.54) is 7.11 Å². The zero-order valence-electron chi connectivity index (χ0n) is 19.5. The number of ether oxygens (including phenoxy) is 3. The second-order valence-corrected chi connectivity index (χ2v) is 8.31. The van der Waals surface area contributed by atoms with Gasteiger partial charge in [-0.2, -0.15) is 0 Å². The molecule has 0 spiro atoms. The highest BCUT2D eigenvalue weighted by Gasteiger charge is 2.45. The zero-order chi connectivity index (χ0) is 24.1. The highest BCUT2D eigenvalue weighted by atomic mass is 16.5. The number of rotatable bonds is 8. The molecule has 1 amide bonds. The molecule has 2 fully saturated rings. The van der Waals surface area contributed by atoms with Crippen LogP contribution in [-0.2, 0) is 14.3 Å². The molecule has 0 bridgehead atoms. The van der Waals surface area contributed by atoms with Crippen molar-refractivity contribution in [2.24, 2.45) is 0 Å². The molecule has 0 saturated carbocycles. The van der Waals surface area contributed by atoms with Gasteiger partial charge in [0.15, 0.2) is 0 Å². The van der Waals surface area contributed by atoms with Gasteiger partial charge in [-0.05, 0) is 36.2 Å². The van der Waals surface area contributed by atoms with E-state index in [2.05, 4.69) is 4.90 Å². The Kier molecular flexibility index (Phi) is 7.49. The number of methoxy groups -OCH3 is 2. The van der Waals surface area contributed by atoms with Crippen LogP contribution < -0.4 is 9.47 Å². The fraction of sp³-hybridized carbons (Fsp3) is 0.385. The molecule has 34 heavy (non-hydrogen) atoms. The van der Waals surface area contributed by atoms with E-state index in [4.69, 9.17) is 14.2 Å². The standard InChI is InChI=1S/C26H30N2O6/c1-32-20-9-7-18(8-10-20)23-22(24(29)19-5-3-6-21(17-19)33-2)25(30)26(31)28(23)12-4-11-27-13-15-34-16-14-27/h3,5-10,17,23,29H,4,11-16H2,1-2H3/t23-/m0/s1. The van der Waals surface area contributed by atoms with E-state index >= 15 is 0 Å². The zero-order valence-corrected chi connectivity index (χ0v) is 19.5. The fourth-order valence-electron chi connectivity index (χ4n) is 4.46. The number of hydrogen-bond acceptors (Lipinski definition) is 7. The first-order chi connectivity index (χ1) is 16.5. The molecule has 4 rings (SSSR count). The van der Waals surface area contributed by atoms with Crippen LogP contribution in [0.2, 0.25) is 0 Å². The molecule has 0 aromatic heterocycles. The summed E-state index contributed by atoms with van der Waals surface area (Å²) < 4.78 is 15.9. The number of hydrogen-bond donors (Lipinski definition) is 1. The van der Waals surface area contributed by atoms with Gasteiger partial charge >= 0.3 is 0 Å². The summed E-state index contributed by atoms with van der Waals surface area (Å²) >= 11 is 0. The topological polar surface area (TPSA) is 88.5 Å². The summed E-state index contributed by atoms with van der Waals surface area (Å²) in [7, 11) is 3.11. The highest BCUT2D eigenvalue weighted by Crippen LogP contribution is 2.40. The quantitative estimate of drug-likeness (QED) is 0.364. The van der Waals surface area contributed by atoms with E-state index in [0.29, 0.717) is 43.2 Å². The maximum Gasteiger partial charge on any atom is 0.295 e. The Balaban J connectivity index is 1.68. The number of aliphatic hydroxyl groups is 1. The summed E-state index contributed by atoms with van der Waals surface area (Å²) in [6.07, 6.45) is 0.707. The number of carbonyl (C=O) groups excluding carboxylic acids is 2. The lowest BCUT2D eigenvalue weighted by atomic mass is 9.95. The van der Waals surface area contributed by atoms with Crippen molar-refractivity contribution in [3.63, 3.8) is 0 Å². The minimum atomic E-state index is -0.693. The summed E-state index contributed by atoms with van der Waals surface area (Å²) in [4.78, 5) is 30.1. The number of Topliss-reactive ketones (excluding diaryl/α,β-unsaturated/α-hetero) is 1. The van der Waals surface area contributed by atoms with Crippen LogP contribution in [0.25, 0.3) is 5.76 Å². The van der Waals surface area contributed by atoms with Crippen molar-refractivity contribution in [1.82, 2.24) is 9.80 Å². The van der Waals surface area contributed by atoms with Crippen molar-refractivity contribution >= 4 is 17.4 Å². The molecule has 2 aromatic carbocycles. The molecule has 0 radical (unpaired) electrons. The van der Waals surface area contributed by atoms with Gasteiger partial charge in [0.25, 0.3) is 11.7 Å². The molecule has 2 aliphatic rings. The van der Waals surface area contributed by atoms with Crippen molar-refractivity contribution in [2.45, 2.75) is 12.5 Å². The van der Waals surface area contributed by atoms with Crippen LogP contribution in [0.5, 0.6) is 11.5 Å². The first kappa shape index (κ1) is 23.8. The van der Waals surface area contributed by atoms with Crippen LogP contribution in [0.4, 0.5) is 0 Å². The van der Waals surface area contributed by atoms with Crippen molar-refractivity contribution < 1.29 is 28.9 Å². The van der Waals surface area contributed by atoms with Crippen molar-refractivity contribution in [1.29, 1.82) is 0 Å². The molecular formula is C26H30N2O6. The second kappa shape index (κ2) is 10.7. The normalized spacial score (nSPS) is 20.5. The van der Waals surface area contributed by atoms with Crippen LogP contribution in [0, 0.1) is 0 Å². The largest absolute Gasteiger partial charge is 0.507 e. The first-order valence-corrected chi connectivity index (χ1v) is 11.4. The minimum absolute atomic E-state index is 0.0785. The molecule has 8 nitrogen and oxygen atoms in total. The molecule has 1 N–H and O–H groups in total. The summed E-state index contributed by atoms with van der Waals surface area (Å²) in [5.74, 6) is -0.292. The maximum atomic E-state index is 13.2. The molecule has 0 unspecified atom stereocenters. The van der Waals surface area contributed by atoms with Gasteiger partial charge in [-0.1, -0.05) is 24.3 Å². The van der Waals surface area contributed by atoms with Crippen molar-refractivity contribution in [3.8, 4) is 11.5 Å². The van der Waals surface area contributed by atoms with Crippen LogP contribution >= 0.6 is 0 Å². The van der Waals surface area contributed by atoms with Crippen LogP contribution in [0.1, 0.15) is 23.6 Å². The molecule has 0 aliphatic carbocycles. The van der Waals surface area contributed by atoms with Gasteiger partial charge in [0, 0.05) is 31.7 Å². The lowest BCUT2D eigenvalue weighted by Gasteiger charge is -2.29. The summed E-state index contributed by atoms with van der Waals surface area (Å²) in [5.41, 5.74) is 1.23. The predicted octanol–water partition coefficient (Wildman–Crippen LogP) is 2.85. The van der Waals surface area contributed by atoms with Gasteiger partial charge in [-0.25, -0.2) is 0 Å². The van der Waals surface area contributed by atoms with E-state index < -0.39 is 17.7 Å². The van der Waals surface area contributed by atoms with Crippen LogP contribution in [0.15, 0.2) is 54.1 Å². The van der Waals surface area contributed by atoms with Crippen LogP contribution in [0.3, 0.4) is 0 Å². The highest BCUT2D eigenvalue weighted by molar-refractivity contribution is 6.46. The Morgan fingerprint density at radius 1 is 1.00 bits per heavy atom. The summed E-state index contributed by atoms with van der Waals surface area (Å²) in [6, 6.07) is 13.3. The Hall–Kier alpha value is -3.36. The Bertz CT molecular complexity index is 1060. The maximum absolute atomic E-state index is 13.2.